The number of aromatic nitrogens is 1. The van der Waals surface area contributed by atoms with Crippen molar-refractivity contribution in [3.8, 4) is 0 Å². The van der Waals surface area contributed by atoms with E-state index in [9.17, 15) is 0 Å². The molecule has 2 nitrogen and oxygen atoms in total. The van der Waals surface area contributed by atoms with Crippen LogP contribution in [0.25, 0.3) is 0 Å². The first-order valence-corrected chi connectivity index (χ1v) is 5.99. The minimum Gasteiger partial charge on any atom is -0.294 e. The highest BCUT2D eigenvalue weighted by Gasteiger charge is 2.43. The molecule has 1 saturated carbocycles. The molecule has 3 rings (SSSR count). The Kier molecular flexibility index (Phi) is 1.87. The van der Waals surface area contributed by atoms with Crippen molar-refractivity contribution in [3.63, 3.8) is 0 Å². The fourth-order valence-electron chi connectivity index (χ4n) is 2.43. The average Bonchev–Trinajstić information content (AvgIpc) is 2.77. The maximum Gasteiger partial charge on any atom is 0.0795 e. The van der Waals surface area contributed by atoms with Gasteiger partial charge in [0, 0.05) is 18.0 Å². The van der Waals surface area contributed by atoms with E-state index in [4.69, 9.17) is 0 Å². The summed E-state index contributed by atoms with van der Waals surface area (Å²) in [6, 6.07) is 0.912. The molecule has 0 N–H and O–H groups in total. The third-order valence-electron chi connectivity index (χ3n) is 3.22. The highest BCUT2D eigenvalue weighted by atomic mass is 32.1. The molecule has 2 atom stereocenters. The molecule has 1 aliphatic carbocycles. The molecule has 13 heavy (non-hydrogen) atoms. The zero-order valence-corrected chi connectivity index (χ0v) is 8.46. The van der Waals surface area contributed by atoms with Gasteiger partial charge >= 0.3 is 0 Å². The summed E-state index contributed by atoms with van der Waals surface area (Å²) in [6.45, 7) is 2.38. The summed E-state index contributed by atoms with van der Waals surface area (Å²) in [5, 5.41) is 2.17. The second-order valence-corrected chi connectivity index (χ2v) is 4.87. The van der Waals surface area contributed by atoms with Crippen LogP contribution in [0.2, 0.25) is 0 Å². The van der Waals surface area contributed by atoms with Crippen molar-refractivity contribution < 1.29 is 0 Å². The van der Waals surface area contributed by atoms with Gasteiger partial charge < -0.3 is 0 Å². The Morgan fingerprint density at radius 3 is 3.46 bits per heavy atom. The van der Waals surface area contributed by atoms with Crippen molar-refractivity contribution in [2.45, 2.75) is 31.8 Å². The van der Waals surface area contributed by atoms with Gasteiger partial charge in [0.1, 0.15) is 0 Å². The summed E-state index contributed by atoms with van der Waals surface area (Å²) < 4.78 is 0. The Morgan fingerprint density at radius 2 is 2.62 bits per heavy atom. The molecule has 3 heteroatoms. The fraction of sp³-hybridized carbons (Fsp3) is 0.700. The van der Waals surface area contributed by atoms with E-state index in [1.54, 1.807) is 11.3 Å². The van der Waals surface area contributed by atoms with Crippen LogP contribution in [0.1, 0.15) is 25.0 Å². The number of thiazole rings is 1. The smallest absolute Gasteiger partial charge is 0.0795 e. The quantitative estimate of drug-likeness (QED) is 0.717. The summed E-state index contributed by atoms with van der Waals surface area (Å²) >= 11 is 1.71. The van der Waals surface area contributed by atoms with Crippen LogP contribution in [0.4, 0.5) is 0 Å². The lowest BCUT2D eigenvalue weighted by Gasteiger charge is -2.25. The van der Waals surface area contributed by atoms with Gasteiger partial charge in [-0.05, 0) is 31.7 Å². The summed E-state index contributed by atoms with van der Waals surface area (Å²) in [5.41, 5.74) is 3.20. The molecule has 0 spiro atoms. The Bertz CT molecular complexity index is 283. The van der Waals surface area contributed by atoms with Crippen LogP contribution in [-0.4, -0.2) is 22.5 Å². The first kappa shape index (κ1) is 7.94. The molecular formula is C10H14N2S. The molecule has 1 aliphatic heterocycles. The van der Waals surface area contributed by atoms with Crippen LogP contribution in [0.3, 0.4) is 0 Å². The van der Waals surface area contributed by atoms with Crippen molar-refractivity contribution in [3.05, 3.63) is 16.6 Å². The zero-order valence-electron chi connectivity index (χ0n) is 7.65. The molecule has 1 aromatic rings. The standard InChI is InChI=1S/C10H14N2S/c1-2-8-4-10(8)12(3-1)5-9-6-13-7-11-9/h6-8,10H,1-5H2. The van der Waals surface area contributed by atoms with Gasteiger partial charge in [0.25, 0.3) is 0 Å². The highest BCUT2D eigenvalue weighted by Crippen LogP contribution is 2.43. The van der Waals surface area contributed by atoms with Crippen LogP contribution in [0, 0.1) is 5.92 Å². The third-order valence-corrected chi connectivity index (χ3v) is 3.86. The van der Waals surface area contributed by atoms with Gasteiger partial charge in [-0.1, -0.05) is 0 Å². The summed E-state index contributed by atoms with van der Waals surface area (Å²) in [6.07, 6.45) is 4.31. The van der Waals surface area contributed by atoms with E-state index in [1.807, 2.05) is 5.51 Å². The first-order chi connectivity index (χ1) is 6.43. The number of rotatable bonds is 2. The number of hydrogen-bond acceptors (Lipinski definition) is 3. The Morgan fingerprint density at radius 1 is 1.62 bits per heavy atom. The Balaban J connectivity index is 1.66. The average molecular weight is 194 g/mol. The maximum absolute atomic E-state index is 4.34. The van der Waals surface area contributed by atoms with Gasteiger partial charge in [0.05, 0.1) is 11.2 Å². The van der Waals surface area contributed by atoms with E-state index in [2.05, 4.69) is 15.3 Å². The Hall–Kier alpha value is -0.410. The van der Waals surface area contributed by atoms with Crippen LogP contribution in [-0.2, 0) is 6.54 Å². The number of nitrogens with zero attached hydrogens (tertiary/aromatic N) is 2. The second-order valence-electron chi connectivity index (χ2n) is 4.16. The minimum atomic E-state index is 0.912. The van der Waals surface area contributed by atoms with E-state index in [-0.39, 0.29) is 0 Å². The molecule has 0 aromatic carbocycles. The minimum absolute atomic E-state index is 0.912. The first-order valence-electron chi connectivity index (χ1n) is 5.04. The monoisotopic (exact) mass is 194 g/mol. The van der Waals surface area contributed by atoms with Crippen molar-refractivity contribution in [2.75, 3.05) is 6.54 Å². The largest absolute Gasteiger partial charge is 0.294 e. The maximum atomic E-state index is 4.34. The summed E-state index contributed by atoms with van der Waals surface area (Å²) in [5.74, 6) is 1.03. The van der Waals surface area contributed by atoms with E-state index in [0.29, 0.717) is 0 Å². The van der Waals surface area contributed by atoms with Gasteiger partial charge in [-0.15, -0.1) is 11.3 Å². The Labute approximate surface area is 82.6 Å². The second kappa shape index (κ2) is 3.07. The van der Waals surface area contributed by atoms with Crippen LogP contribution in [0.15, 0.2) is 10.9 Å². The molecule has 2 fully saturated rings. The molecule has 1 saturated heterocycles. The van der Waals surface area contributed by atoms with Crippen LogP contribution < -0.4 is 0 Å². The van der Waals surface area contributed by atoms with Crippen molar-refractivity contribution in [2.24, 2.45) is 5.92 Å². The number of fused-ring (bicyclic) bond motifs is 1. The number of piperidine rings is 1. The lowest BCUT2D eigenvalue weighted by atomic mass is 10.1. The molecule has 0 bridgehead atoms. The highest BCUT2D eigenvalue weighted by molar-refractivity contribution is 7.07. The molecule has 1 aromatic heterocycles. The fourth-order valence-corrected chi connectivity index (χ4v) is 2.98. The van der Waals surface area contributed by atoms with Crippen molar-refractivity contribution in [1.29, 1.82) is 0 Å². The molecule has 2 unspecified atom stereocenters. The van der Waals surface area contributed by atoms with Crippen molar-refractivity contribution in [1.82, 2.24) is 9.88 Å². The van der Waals surface area contributed by atoms with Crippen LogP contribution >= 0.6 is 11.3 Å². The third kappa shape index (κ3) is 1.51. The van der Waals surface area contributed by atoms with E-state index in [0.717, 1.165) is 18.5 Å². The van der Waals surface area contributed by atoms with Crippen molar-refractivity contribution >= 4 is 11.3 Å². The van der Waals surface area contributed by atoms with Gasteiger partial charge in [0.15, 0.2) is 0 Å². The van der Waals surface area contributed by atoms with Gasteiger partial charge in [0.2, 0.25) is 0 Å². The number of likely N-dealkylation sites (tertiary alicyclic amines) is 1. The zero-order chi connectivity index (χ0) is 8.67. The molecule has 0 radical (unpaired) electrons. The van der Waals surface area contributed by atoms with E-state index < -0.39 is 0 Å². The van der Waals surface area contributed by atoms with Gasteiger partial charge in [-0.3, -0.25) is 4.90 Å². The predicted molar refractivity (Wildman–Crippen MR) is 53.7 cm³/mol. The van der Waals surface area contributed by atoms with E-state index in [1.165, 1.54) is 31.5 Å². The van der Waals surface area contributed by atoms with E-state index >= 15 is 0 Å². The van der Waals surface area contributed by atoms with Gasteiger partial charge in [-0.25, -0.2) is 4.98 Å². The molecule has 2 heterocycles. The SMILES string of the molecule is c1nc(CN2CCCC3CC32)cs1. The van der Waals surface area contributed by atoms with Crippen LogP contribution in [0.5, 0.6) is 0 Å². The molecule has 70 valence electrons. The summed E-state index contributed by atoms with van der Waals surface area (Å²) in [4.78, 5) is 6.95. The lowest BCUT2D eigenvalue weighted by molar-refractivity contribution is 0.205. The topological polar surface area (TPSA) is 16.1 Å². The number of hydrogen-bond donors (Lipinski definition) is 0. The lowest BCUT2D eigenvalue weighted by Crippen LogP contribution is -2.31. The predicted octanol–water partition coefficient (Wildman–Crippen LogP) is 2.13. The molecule has 2 aliphatic rings. The molecule has 0 amide bonds. The molecular weight excluding hydrogens is 180 g/mol. The normalized spacial score (nSPS) is 32.9. The van der Waals surface area contributed by atoms with Gasteiger partial charge in [-0.2, -0.15) is 0 Å². The summed E-state index contributed by atoms with van der Waals surface area (Å²) in [7, 11) is 0.